The van der Waals surface area contributed by atoms with Crippen LogP contribution in [0.2, 0.25) is 0 Å². The van der Waals surface area contributed by atoms with E-state index in [2.05, 4.69) is 32.8 Å². The molecule has 3 aromatic rings. The summed E-state index contributed by atoms with van der Waals surface area (Å²) in [5, 5.41) is 9.07. The van der Waals surface area contributed by atoms with Crippen molar-refractivity contribution in [1.29, 1.82) is 0 Å². The van der Waals surface area contributed by atoms with E-state index in [0.29, 0.717) is 47.7 Å². The molecule has 5 rings (SSSR count). The number of rotatable bonds is 9. The molecule has 9 nitrogen and oxygen atoms in total. The zero-order valence-electron chi connectivity index (χ0n) is 24.7. The van der Waals surface area contributed by atoms with E-state index >= 15 is 0 Å². The first kappa shape index (κ1) is 29.9. The van der Waals surface area contributed by atoms with Crippen molar-refractivity contribution in [2.45, 2.75) is 19.9 Å². The van der Waals surface area contributed by atoms with E-state index in [-0.39, 0.29) is 17.7 Å². The normalized spacial score (nSPS) is 16.3. The highest BCUT2D eigenvalue weighted by Crippen LogP contribution is 2.38. The summed E-state index contributed by atoms with van der Waals surface area (Å²) in [6.07, 6.45) is 0.386. The first-order chi connectivity index (χ1) is 20.7. The molecule has 0 unspecified atom stereocenters. The Morgan fingerprint density at radius 3 is 2.47 bits per heavy atom. The van der Waals surface area contributed by atoms with Gasteiger partial charge in [-0.2, -0.15) is 0 Å². The van der Waals surface area contributed by atoms with Crippen LogP contribution >= 0.6 is 0 Å². The lowest BCUT2D eigenvalue weighted by molar-refractivity contribution is -0.121. The average molecular weight is 585 g/mol. The fourth-order valence-corrected chi connectivity index (χ4v) is 5.19. The molecular weight excluding hydrogens is 547 g/mol. The number of nitrogens with zero attached hydrogens (tertiary/aromatic N) is 3. The summed E-state index contributed by atoms with van der Waals surface area (Å²) in [6.45, 7) is 6.14. The molecule has 0 spiro atoms. The number of benzene rings is 3. The first-order valence-electron chi connectivity index (χ1n) is 14.5. The fourth-order valence-electron chi connectivity index (χ4n) is 5.19. The van der Waals surface area contributed by atoms with Gasteiger partial charge in [-0.1, -0.05) is 25.1 Å². The highest BCUT2D eigenvalue weighted by Gasteiger charge is 2.29. The molecule has 2 aliphatic rings. The summed E-state index contributed by atoms with van der Waals surface area (Å²) >= 11 is 0. The van der Waals surface area contributed by atoms with Gasteiger partial charge in [0.25, 0.3) is 5.91 Å². The number of halogens is 1. The number of piperazine rings is 1. The average Bonchev–Trinajstić information content (AvgIpc) is 3.34. The third kappa shape index (κ3) is 7.10. The van der Waals surface area contributed by atoms with Gasteiger partial charge in [0.05, 0.1) is 23.5 Å². The van der Waals surface area contributed by atoms with Gasteiger partial charge in [-0.05, 0) is 66.7 Å². The smallest absolute Gasteiger partial charge is 0.258 e. The Labute approximate surface area is 251 Å². The van der Waals surface area contributed by atoms with Gasteiger partial charge >= 0.3 is 0 Å². The second-order valence-electron chi connectivity index (χ2n) is 10.9. The van der Waals surface area contributed by atoms with Gasteiger partial charge < -0.3 is 25.8 Å². The van der Waals surface area contributed by atoms with Crippen molar-refractivity contribution in [2.75, 3.05) is 62.4 Å². The maximum atomic E-state index is 14.0. The van der Waals surface area contributed by atoms with Gasteiger partial charge in [-0.3, -0.25) is 19.3 Å². The first-order valence-corrected chi connectivity index (χ1v) is 14.5. The summed E-state index contributed by atoms with van der Waals surface area (Å²) in [7, 11) is 3.86. The maximum Gasteiger partial charge on any atom is 0.258 e. The van der Waals surface area contributed by atoms with Crippen molar-refractivity contribution in [3.63, 3.8) is 0 Å². The third-order valence-corrected chi connectivity index (χ3v) is 7.86. The van der Waals surface area contributed by atoms with Crippen molar-refractivity contribution in [3.8, 4) is 0 Å². The monoisotopic (exact) mass is 584 g/mol. The lowest BCUT2D eigenvalue weighted by Gasteiger charge is -2.32. The van der Waals surface area contributed by atoms with Gasteiger partial charge in [-0.25, -0.2) is 4.39 Å². The summed E-state index contributed by atoms with van der Waals surface area (Å²) in [4.78, 5) is 44.2. The number of likely N-dealkylation sites (N-methyl/N-ethyl adjacent to an activating group) is 2. The number of carbonyl (C=O) groups excluding carboxylic acids is 3. The van der Waals surface area contributed by atoms with Crippen molar-refractivity contribution in [3.05, 3.63) is 89.2 Å². The van der Waals surface area contributed by atoms with Gasteiger partial charge in [0.2, 0.25) is 11.8 Å². The fraction of sp³-hybridized carbons (Fsp3) is 0.303. The second kappa shape index (κ2) is 13.2. The zero-order chi connectivity index (χ0) is 30.5. The van der Waals surface area contributed by atoms with Crippen molar-refractivity contribution in [2.24, 2.45) is 0 Å². The minimum absolute atomic E-state index is 0.0199. The van der Waals surface area contributed by atoms with Crippen LogP contribution in [0.5, 0.6) is 0 Å². The molecule has 0 bridgehead atoms. The van der Waals surface area contributed by atoms with Crippen LogP contribution in [0.15, 0.2) is 66.7 Å². The Hall–Kier alpha value is -4.54. The number of nitrogens with one attached hydrogen (secondary N) is 3. The molecule has 2 aliphatic heterocycles. The Morgan fingerprint density at radius 2 is 1.74 bits per heavy atom. The molecule has 0 saturated carbocycles. The van der Waals surface area contributed by atoms with Crippen LogP contribution < -0.4 is 20.9 Å². The zero-order valence-corrected chi connectivity index (χ0v) is 24.7. The van der Waals surface area contributed by atoms with Crippen molar-refractivity contribution >= 4 is 46.1 Å². The Balaban J connectivity index is 1.42. The molecular formula is C33H37FN6O3. The van der Waals surface area contributed by atoms with E-state index < -0.39 is 5.82 Å². The highest BCUT2D eigenvalue weighted by atomic mass is 19.1. The summed E-state index contributed by atoms with van der Waals surface area (Å²) in [5.41, 5.74) is 4.98. The minimum Gasteiger partial charge on any atom is -0.354 e. The number of amides is 3. The SMILES string of the molecule is CCC(=O)NCc1cccc(/C(Nc2ccc(N(C)C(=O)CN3CCN(C)CC3)cc2)=C2/C(=O)Nc3cc(F)ccc32)c1. The van der Waals surface area contributed by atoms with Gasteiger partial charge in [0.15, 0.2) is 0 Å². The summed E-state index contributed by atoms with van der Waals surface area (Å²) in [5.74, 6) is -0.823. The Kier molecular flexibility index (Phi) is 9.18. The predicted molar refractivity (Wildman–Crippen MR) is 168 cm³/mol. The number of anilines is 3. The maximum absolute atomic E-state index is 14.0. The quantitative estimate of drug-likeness (QED) is 0.329. The van der Waals surface area contributed by atoms with Crippen LogP contribution in [0.4, 0.5) is 21.5 Å². The lowest BCUT2D eigenvalue weighted by Crippen LogP contribution is -2.48. The van der Waals surface area contributed by atoms with Crippen LogP contribution in [-0.2, 0) is 20.9 Å². The molecule has 0 aliphatic carbocycles. The molecule has 1 fully saturated rings. The second-order valence-corrected chi connectivity index (χ2v) is 10.9. The number of carbonyl (C=O) groups is 3. The topological polar surface area (TPSA) is 97.0 Å². The summed E-state index contributed by atoms with van der Waals surface area (Å²) in [6, 6.07) is 19.2. The molecule has 0 radical (unpaired) electrons. The predicted octanol–water partition coefficient (Wildman–Crippen LogP) is 3.99. The van der Waals surface area contributed by atoms with Crippen LogP contribution in [0.3, 0.4) is 0 Å². The lowest BCUT2D eigenvalue weighted by atomic mass is 9.98. The highest BCUT2D eigenvalue weighted by molar-refractivity contribution is 6.37. The van der Waals surface area contributed by atoms with E-state index in [9.17, 15) is 18.8 Å². The number of fused-ring (bicyclic) bond motifs is 1. The van der Waals surface area contributed by atoms with Crippen molar-refractivity contribution in [1.82, 2.24) is 15.1 Å². The Bertz CT molecular complexity index is 1550. The molecule has 3 amide bonds. The number of hydrogen-bond donors (Lipinski definition) is 3. The molecule has 1 saturated heterocycles. The Morgan fingerprint density at radius 1 is 1.00 bits per heavy atom. The molecule has 0 atom stereocenters. The molecule has 224 valence electrons. The molecule has 43 heavy (non-hydrogen) atoms. The van der Waals surface area contributed by atoms with Gasteiger partial charge in [-0.15, -0.1) is 0 Å². The molecule has 3 aromatic carbocycles. The van der Waals surface area contributed by atoms with Crippen LogP contribution in [-0.4, -0.2) is 74.3 Å². The number of hydrogen-bond acceptors (Lipinski definition) is 6. The van der Waals surface area contributed by atoms with Gasteiger partial charge in [0, 0.05) is 63.1 Å². The van der Waals surface area contributed by atoms with Crippen molar-refractivity contribution < 1.29 is 18.8 Å². The molecule has 3 N–H and O–H groups in total. The summed E-state index contributed by atoms with van der Waals surface area (Å²) < 4.78 is 14.0. The van der Waals surface area contributed by atoms with E-state index in [1.54, 1.807) is 24.9 Å². The third-order valence-electron chi connectivity index (χ3n) is 7.86. The minimum atomic E-state index is -0.439. The van der Waals surface area contributed by atoms with E-state index in [1.165, 1.54) is 12.1 Å². The van der Waals surface area contributed by atoms with E-state index in [4.69, 9.17) is 0 Å². The standard InChI is InChI=1S/C33H37FN6O3/c1-4-29(41)35-20-22-6-5-7-23(18-22)32(31-27-13-8-24(34)19-28(27)37-33(31)43)36-25-9-11-26(12-10-25)39(3)30(42)21-40-16-14-38(2)15-17-40/h5-13,18-19,36H,4,14-17,20-21H2,1-3H3,(H,35,41)(H,37,43)/b32-31-. The van der Waals surface area contributed by atoms with E-state index in [1.807, 2.05) is 48.5 Å². The largest absolute Gasteiger partial charge is 0.354 e. The molecule has 2 heterocycles. The molecule has 10 heteroatoms. The van der Waals surface area contributed by atoms with Crippen LogP contribution in [0.25, 0.3) is 11.3 Å². The molecule has 0 aromatic heterocycles. The van der Waals surface area contributed by atoms with Crippen LogP contribution in [0, 0.1) is 5.82 Å². The van der Waals surface area contributed by atoms with Gasteiger partial charge in [0.1, 0.15) is 5.82 Å². The van der Waals surface area contributed by atoms with E-state index in [0.717, 1.165) is 43.0 Å². The van der Waals surface area contributed by atoms with Crippen LogP contribution in [0.1, 0.15) is 30.0 Å².